The van der Waals surface area contributed by atoms with Crippen LogP contribution in [0.1, 0.15) is 34.1 Å². The van der Waals surface area contributed by atoms with Gasteiger partial charge in [0.15, 0.2) is 0 Å². The number of rotatable bonds is 4. The van der Waals surface area contributed by atoms with Gasteiger partial charge in [0.25, 0.3) is 0 Å². The summed E-state index contributed by atoms with van der Waals surface area (Å²) in [7, 11) is 0. The highest BCUT2D eigenvalue weighted by atomic mass is 14.6. The first-order valence-corrected chi connectivity index (χ1v) is 6.30. The first-order chi connectivity index (χ1) is 7.87. The molecule has 17 heavy (non-hydrogen) atoms. The zero-order valence-electron chi connectivity index (χ0n) is 11.5. The molecule has 0 aliphatic heterocycles. The second-order valence-electron chi connectivity index (χ2n) is 6.18. The second kappa shape index (κ2) is 5.50. The van der Waals surface area contributed by atoms with Gasteiger partial charge in [-0.25, -0.2) is 0 Å². The van der Waals surface area contributed by atoms with Crippen LogP contribution in [-0.4, -0.2) is 6.54 Å². The molecule has 0 unspecified atom stereocenters. The highest BCUT2D eigenvalue weighted by Crippen LogP contribution is 2.39. The van der Waals surface area contributed by atoms with E-state index in [2.05, 4.69) is 64.2 Å². The third kappa shape index (κ3) is 4.35. The predicted molar refractivity (Wildman–Crippen MR) is 76.7 cm³/mol. The number of allylic oxidation sites excluding steroid dienone is 8. The second-order valence-corrected chi connectivity index (χ2v) is 6.18. The van der Waals surface area contributed by atoms with E-state index < -0.39 is 0 Å². The molecule has 0 amide bonds. The van der Waals surface area contributed by atoms with Crippen molar-refractivity contribution in [3.63, 3.8) is 0 Å². The topological polar surface area (TPSA) is 26.0 Å². The lowest BCUT2D eigenvalue weighted by molar-refractivity contribution is 0.238. The van der Waals surface area contributed by atoms with E-state index in [0.717, 1.165) is 13.0 Å². The first-order valence-electron chi connectivity index (χ1n) is 6.30. The van der Waals surface area contributed by atoms with Gasteiger partial charge in [0.1, 0.15) is 0 Å². The first kappa shape index (κ1) is 14.0. The molecule has 0 atom stereocenters. The molecule has 0 heterocycles. The Hall–Kier alpha value is -1.08. The smallest absolute Gasteiger partial charge is 0.00255 e. The predicted octanol–water partition coefficient (Wildman–Crippen LogP) is 4.00. The quantitative estimate of drug-likeness (QED) is 0.777. The van der Waals surface area contributed by atoms with Gasteiger partial charge >= 0.3 is 0 Å². The van der Waals surface area contributed by atoms with Gasteiger partial charge in [0.05, 0.1) is 0 Å². The average molecular weight is 231 g/mol. The zero-order valence-corrected chi connectivity index (χ0v) is 11.5. The fourth-order valence-corrected chi connectivity index (χ4v) is 2.39. The van der Waals surface area contributed by atoms with E-state index in [1.165, 1.54) is 5.57 Å². The van der Waals surface area contributed by atoms with Crippen molar-refractivity contribution in [1.82, 2.24) is 0 Å². The minimum Gasteiger partial charge on any atom is -0.330 e. The third-order valence-corrected chi connectivity index (χ3v) is 3.25. The summed E-state index contributed by atoms with van der Waals surface area (Å²) in [6, 6.07) is 0. The van der Waals surface area contributed by atoms with Gasteiger partial charge in [-0.2, -0.15) is 0 Å². The van der Waals surface area contributed by atoms with Crippen molar-refractivity contribution in [2.24, 2.45) is 16.6 Å². The third-order valence-electron chi connectivity index (χ3n) is 3.25. The van der Waals surface area contributed by atoms with E-state index in [9.17, 15) is 0 Å². The van der Waals surface area contributed by atoms with E-state index in [0.29, 0.717) is 0 Å². The highest BCUT2D eigenvalue weighted by molar-refractivity contribution is 5.34. The molecule has 0 spiro atoms. The van der Waals surface area contributed by atoms with Crippen LogP contribution in [0, 0.1) is 10.8 Å². The number of hydrogen-bond donors (Lipinski definition) is 1. The van der Waals surface area contributed by atoms with Crippen LogP contribution in [0.25, 0.3) is 0 Å². The Kier molecular flexibility index (Phi) is 4.53. The Balaban J connectivity index is 2.89. The fourth-order valence-electron chi connectivity index (χ4n) is 2.39. The van der Waals surface area contributed by atoms with Crippen molar-refractivity contribution in [2.45, 2.75) is 34.1 Å². The minimum atomic E-state index is 0.148. The van der Waals surface area contributed by atoms with Gasteiger partial charge in [0, 0.05) is 0 Å². The molecular formula is C16H25N. The Morgan fingerprint density at radius 2 is 1.53 bits per heavy atom. The van der Waals surface area contributed by atoms with E-state index in [-0.39, 0.29) is 10.8 Å². The SMILES string of the molecule is CC(C)(CN)CC(C)(C)C1=C/C=C\C=C/C=C\1. The summed E-state index contributed by atoms with van der Waals surface area (Å²) >= 11 is 0. The van der Waals surface area contributed by atoms with Crippen molar-refractivity contribution < 1.29 is 0 Å². The van der Waals surface area contributed by atoms with Crippen molar-refractivity contribution in [2.75, 3.05) is 6.54 Å². The summed E-state index contributed by atoms with van der Waals surface area (Å²) in [5, 5.41) is 0. The molecular weight excluding hydrogens is 206 g/mol. The zero-order chi connectivity index (χ0) is 12.9. The molecule has 0 saturated heterocycles. The van der Waals surface area contributed by atoms with Gasteiger partial charge in [-0.15, -0.1) is 0 Å². The largest absolute Gasteiger partial charge is 0.330 e. The minimum absolute atomic E-state index is 0.148. The molecule has 94 valence electrons. The van der Waals surface area contributed by atoms with Gasteiger partial charge in [-0.1, -0.05) is 70.2 Å². The van der Waals surface area contributed by atoms with E-state index in [4.69, 9.17) is 5.73 Å². The maximum absolute atomic E-state index is 5.84. The summed E-state index contributed by atoms with van der Waals surface area (Å²) in [6.45, 7) is 9.78. The molecule has 0 bridgehead atoms. The van der Waals surface area contributed by atoms with Crippen LogP contribution < -0.4 is 5.73 Å². The summed E-state index contributed by atoms with van der Waals surface area (Å²) in [5.74, 6) is 0. The maximum atomic E-state index is 5.84. The summed E-state index contributed by atoms with van der Waals surface area (Å²) in [5.41, 5.74) is 7.53. The van der Waals surface area contributed by atoms with Crippen molar-refractivity contribution in [3.8, 4) is 0 Å². The molecule has 1 nitrogen and oxygen atoms in total. The molecule has 1 aliphatic carbocycles. The molecule has 2 N–H and O–H groups in total. The normalized spacial score (nSPS) is 25.4. The van der Waals surface area contributed by atoms with Crippen LogP contribution >= 0.6 is 0 Å². The molecule has 0 aromatic carbocycles. The van der Waals surface area contributed by atoms with Crippen LogP contribution in [0.3, 0.4) is 0 Å². The van der Waals surface area contributed by atoms with Gasteiger partial charge in [0.2, 0.25) is 0 Å². The lowest BCUT2D eigenvalue weighted by Gasteiger charge is -2.35. The molecule has 0 aromatic heterocycles. The van der Waals surface area contributed by atoms with E-state index >= 15 is 0 Å². The van der Waals surface area contributed by atoms with E-state index in [1.807, 2.05) is 6.08 Å². The van der Waals surface area contributed by atoms with Crippen molar-refractivity contribution in [3.05, 3.63) is 48.1 Å². The lowest BCUT2D eigenvalue weighted by Crippen LogP contribution is -2.30. The van der Waals surface area contributed by atoms with Crippen LogP contribution in [0.2, 0.25) is 0 Å². The summed E-state index contributed by atoms with van der Waals surface area (Å²) < 4.78 is 0. The average Bonchev–Trinajstić information content (AvgIpc) is 2.14. The summed E-state index contributed by atoms with van der Waals surface area (Å²) in [4.78, 5) is 0. The molecule has 0 fully saturated rings. The van der Waals surface area contributed by atoms with Gasteiger partial charge in [-0.05, 0) is 29.4 Å². The monoisotopic (exact) mass is 231 g/mol. The fraction of sp³-hybridized carbons (Fsp3) is 0.500. The van der Waals surface area contributed by atoms with Crippen LogP contribution in [0.15, 0.2) is 48.1 Å². The maximum Gasteiger partial charge on any atom is -0.00255 e. The Morgan fingerprint density at radius 1 is 0.941 bits per heavy atom. The molecule has 1 rings (SSSR count). The number of hydrogen-bond acceptors (Lipinski definition) is 1. The van der Waals surface area contributed by atoms with Crippen molar-refractivity contribution >= 4 is 0 Å². The molecule has 1 aliphatic rings. The standard InChI is InChI=1S/C16H25N/c1-15(2,13-17)12-16(3,4)14-10-8-6-5-7-9-11-14/h5-11H,12-13,17H2,1-4H3/b6-5-,7-5?,8-6?,9-7-,10-8-,11-9?,14-10?,14-11+. The van der Waals surface area contributed by atoms with Crippen LogP contribution in [-0.2, 0) is 0 Å². The molecule has 0 radical (unpaired) electrons. The van der Waals surface area contributed by atoms with Crippen molar-refractivity contribution in [1.29, 1.82) is 0 Å². The Bertz CT molecular complexity index is 365. The summed E-state index contributed by atoms with van der Waals surface area (Å²) in [6.07, 6.45) is 15.9. The van der Waals surface area contributed by atoms with E-state index in [1.54, 1.807) is 0 Å². The highest BCUT2D eigenvalue weighted by Gasteiger charge is 2.29. The van der Waals surface area contributed by atoms with Crippen LogP contribution in [0.4, 0.5) is 0 Å². The Labute approximate surface area is 106 Å². The molecule has 0 saturated carbocycles. The Morgan fingerprint density at radius 3 is 2.18 bits per heavy atom. The van der Waals surface area contributed by atoms with Gasteiger partial charge < -0.3 is 5.73 Å². The number of nitrogens with two attached hydrogens (primary N) is 1. The van der Waals surface area contributed by atoms with Gasteiger partial charge in [-0.3, -0.25) is 0 Å². The molecule has 0 aromatic rings. The lowest BCUT2D eigenvalue weighted by atomic mass is 9.70. The van der Waals surface area contributed by atoms with Crippen LogP contribution in [0.5, 0.6) is 0 Å². The molecule has 1 heteroatoms.